The Bertz CT molecular complexity index is 620. The fraction of sp³-hybridized carbons (Fsp3) is 0.611. The van der Waals surface area contributed by atoms with Crippen LogP contribution < -0.4 is 5.32 Å². The number of ether oxygens (including phenoxy) is 1. The van der Waals surface area contributed by atoms with Gasteiger partial charge in [0.15, 0.2) is 6.10 Å². The predicted octanol–water partition coefficient (Wildman–Crippen LogP) is 3.54. The largest absolute Gasteiger partial charge is 0.479 e. The highest BCUT2D eigenvalue weighted by Gasteiger charge is 2.32. The van der Waals surface area contributed by atoms with E-state index in [4.69, 9.17) is 4.74 Å². The van der Waals surface area contributed by atoms with Crippen LogP contribution in [0.1, 0.15) is 54.7 Å². The summed E-state index contributed by atoms with van der Waals surface area (Å²) in [6.45, 7) is 11.7. The van der Waals surface area contributed by atoms with Crippen molar-refractivity contribution in [3.63, 3.8) is 0 Å². The van der Waals surface area contributed by atoms with E-state index < -0.39 is 17.7 Å². The number of aliphatic carboxylic acids is 1. The highest BCUT2D eigenvalue weighted by atomic mass is 127. The molecule has 1 aliphatic heterocycles. The summed E-state index contributed by atoms with van der Waals surface area (Å²) in [4.78, 5) is 11.9. The lowest BCUT2D eigenvalue weighted by Gasteiger charge is -2.29. The third-order valence-corrected chi connectivity index (χ3v) is 5.69. The van der Waals surface area contributed by atoms with Gasteiger partial charge in [-0.1, -0.05) is 0 Å². The van der Waals surface area contributed by atoms with Crippen molar-refractivity contribution >= 4 is 28.6 Å². The maximum Gasteiger partial charge on any atom is 0.337 e. The zero-order valence-electron chi connectivity index (χ0n) is 14.5. The third-order valence-electron chi connectivity index (χ3n) is 4.30. The molecule has 0 saturated heterocycles. The normalized spacial score (nSPS) is 16.6. The molecule has 0 aliphatic carbocycles. The lowest BCUT2D eigenvalue weighted by molar-refractivity contribution is -0.160. The first-order valence-electron chi connectivity index (χ1n) is 8.05. The van der Waals surface area contributed by atoms with Gasteiger partial charge in [0.2, 0.25) is 0 Å². The average molecular weight is 431 g/mol. The van der Waals surface area contributed by atoms with Gasteiger partial charge >= 0.3 is 5.97 Å². The molecule has 1 aromatic carbocycles. The summed E-state index contributed by atoms with van der Waals surface area (Å²) >= 11 is 2.29. The molecule has 0 aromatic heterocycles. The van der Waals surface area contributed by atoms with Crippen LogP contribution in [0.5, 0.6) is 0 Å². The molecule has 0 fully saturated rings. The topological polar surface area (TPSA) is 58.6 Å². The van der Waals surface area contributed by atoms with Crippen molar-refractivity contribution in [1.29, 1.82) is 0 Å². The molecule has 4 nitrogen and oxygen atoms in total. The zero-order valence-corrected chi connectivity index (χ0v) is 16.7. The molecule has 1 atom stereocenters. The Hall–Kier alpha value is -0.660. The van der Waals surface area contributed by atoms with Crippen LogP contribution in [0.2, 0.25) is 0 Å². The summed E-state index contributed by atoms with van der Waals surface area (Å²) in [6.07, 6.45) is 1.01. The summed E-state index contributed by atoms with van der Waals surface area (Å²) in [5.74, 6) is -0.924. The molecule has 1 aliphatic rings. The molecule has 128 valence electrons. The quantitative estimate of drug-likeness (QED) is 0.720. The molecule has 0 radical (unpaired) electrons. The minimum atomic E-state index is -0.929. The van der Waals surface area contributed by atoms with E-state index in [9.17, 15) is 9.90 Å². The number of carboxylic acid groups (broad SMARTS) is 1. The molecular weight excluding hydrogens is 405 g/mol. The highest BCUT2D eigenvalue weighted by Crippen LogP contribution is 2.37. The number of rotatable bonds is 3. The van der Waals surface area contributed by atoms with Crippen molar-refractivity contribution in [2.24, 2.45) is 0 Å². The van der Waals surface area contributed by atoms with Gasteiger partial charge in [0.25, 0.3) is 0 Å². The van der Waals surface area contributed by atoms with Gasteiger partial charge in [-0.15, -0.1) is 0 Å². The maximum atomic E-state index is 11.9. The van der Waals surface area contributed by atoms with Crippen LogP contribution in [0.25, 0.3) is 0 Å². The van der Waals surface area contributed by atoms with Gasteiger partial charge in [-0.3, -0.25) is 0 Å². The molecule has 1 aromatic rings. The number of carboxylic acids is 1. The van der Waals surface area contributed by atoms with Crippen LogP contribution in [0, 0.1) is 17.4 Å². The first-order chi connectivity index (χ1) is 10.6. The van der Waals surface area contributed by atoms with Crippen LogP contribution in [0.3, 0.4) is 0 Å². The van der Waals surface area contributed by atoms with Gasteiger partial charge in [-0.2, -0.15) is 0 Å². The average Bonchev–Trinajstić information content (AvgIpc) is 2.68. The molecule has 1 heterocycles. The van der Waals surface area contributed by atoms with Crippen molar-refractivity contribution in [3.05, 3.63) is 31.4 Å². The number of carbonyl (C=O) groups is 1. The highest BCUT2D eigenvalue weighted by molar-refractivity contribution is 14.1. The minimum Gasteiger partial charge on any atom is -0.479 e. The molecule has 2 rings (SSSR count). The summed E-state index contributed by atoms with van der Waals surface area (Å²) in [5, 5.41) is 13.2. The van der Waals surface area contributed by atoms with E-state index in [1.807, 2.05) is 27.7 Å². The van der Waals surface area contributed by atoms with Crippen molar-refractivity contribution in [1.82, 2.24) is 5.32 Å². The summed E-state index contributed by atoms with van der Waals surface area (Å²) < 4.78 is 6.93. The van der Waals surface area contributed by atoms with Crippen LogP contribution in [0.15, 0.2) is 0 Å². The number of benzene rings is 1. The third kappa shape index (κ3) is 4.06. The molecule has 0 spiro atoms. The Morgan fingerprint density at radius 1 is 1.17 bits per heavy atom. The maximum absolute atomic E-state index is 11.9. The Morgan fingerprint density at radius 3 is 2.17 bits per heavy atom. The predicted molar refractivity (Wildman–Crippen MR) is 100 cm³/mol. The Balaban J connectivity index is 2.63. The SMILES string of the molecule is Cc1c(I)c(C(OC(C)(C)C)C(=O)O)c(C)c2c1CCNCC2. The Kier molecular flexibility index (Phi) is 5.74. The molecule has 0 bridgehead atoms. The van der Waals surface area contributed by atoms with Crippen LogP contribution in [0.4, 0.5) is 0 Å². The van der Waals surface area contributed by atoms with Gasteiger partial charge in [-0.25, -0.2) is 4.79 Å². The molecular formula is C18H26INO3. The first kappa shape index (κ1) is 18.7. The van der Waals surface area contributed by atoms with E-state index in [1.165, 1.54) is 16.7 Å². The summed E-state index contributed by atoms with van der Waals surface area (Å²) in [5.41, 5.74) is 5.27. The van der Waals surface area contributed by atoms with Gasteiger partial charge < -0.3 is 15.2 Å². The van der Waals surface area contributed by atoms with E-state index in [2.05, 4.69) is 34.8 Å². The van der Waals surface area contributed by atoms with Crippen molar-refractivity contribution in [2.45, 2.75) is 59.2 Å². The second-order valence-electron chi connectivity index (χ2n) is 7.13. The van der Waals surface area contributed by atoms with Gasteiger partial charge in [0, 0.05) is 9.13 Å². The van der Waals surface area contributed by atoms with E-state index in [1.54, 1.807) is 0 Å². The number of hydrogen-bond acceptors (Lipinski definition) is 3. The smallest absolute Gasteiger partial charge is 0.337 e. The fourth-order valence-corrected chi connectivity index (χ4v) is 4.25. The molecule has 0 saturated carbocycles. The van der Waals surface area contributed by atoms with Gasteiger partial charge in [0.1, 0.15) is 0 Å². The Morgan fingerprint density at radius 2 is 1.70 bits per heavy atom. The molecule has 0 amide bonds. The monoisotopic (exact) mass is 431 g/mol. The molecule has 2 N–H and O–H groups in total. The van der Waals surface area contributed by atoms with Crippen LogP contribution in [-0.4, -0.2) is 29.8 Å². The lowest BCUT2D eigenvalue weighted by atomic mass is 9.88. The van der Waals surface area contributed by atoms with Crippen molar-refractivity contribution in [3.8, 4) is 0 Å². The van der Waals surface area contributed by atoms with E-state index in [0.717, 1.165) is 40.6 Å². The zero-order chi connectivity index (χ0) is 17.4. The molecule has 1 unspecified atom stereocenters. The minimum absolute atomic E-state index is 0.513. The van der Waals surface area contributed by atoms with E-state index in [0.29, 0.717) is 0 Å². The number of nitrogens with one attached hydrogen (secondary N) is 1. The van der Waals surface area contributed by atoms with Crippen molar-refractivity contribution in [2.75, 3.05) is 13.1 Å². The number of halogens is 1. The molecule has 23 heavy (non-hydrogen) atoms. The van der Waals surface area contributed by atoms with Gasteiger partial charge in [0.05, 0.1) is 5.60 Å². The van der Waals surface area contributed by atoms with Gasteiger partial charge in [-0.05, 0) is 105 Å². The van der Waals surface area contributed by atoms with E-state index in [-0.39, 0.29) is 0 Å². The standard InChI is InChI=1S/C18H26INO3/c1-10-12-6-8-20-9-7-13(12)11(2)15(19)14(10)16(17(21)22)23-18(3,4)5/h16,20H,6-9H2,1-5H3,(H,21,22). The first-order valence-corrected chi connectivity index (χ1v) is 9.13. The summed E-state index contributed by atoms with van der Waals surface area (Å²) in [6, 6.07) is 0. The Labute approximate surface area is 152 Å². The second kappa shape index (κ2) is 7.07. The fourth-order valence-electron chi connectivity index (χ4n) is 3.24. The van der Waals surface area contributed by atoms with Crippen molar-refractivity contribution < 1.29 is 14.6 Å². The number of fused-ring (bicyclic) bond motifs is 1. The number of hydrogen-bond donors (Lipinski definition) is 2. The van der Waals surface area contributed by atoms with E-state index >= 15 is 0 Å². The van der Waals surface area contributed by atoms with Crippen LogP contribution >= 0.6 is 22.6 Å². The second-order valence-corrected chi connectivity index (χ2v) is 8.21. The molecule has 5 heteroatoms. The lowest BCUT2D eigenvalue weighted by Crippen LogP contribution is -2.29. The summed E-state index contributed by atoms with van der Waals surface area (Å²) in [7, 11) is 0. The van der Waals surface area contributed by atoms with Crippen LogP contribution in [-0.2, 0) is 22.4 Å².